The molecule has 0 aliphatic carbocycles. The SMILES string of the molecule is C=C/C=C\C.N#Cc1ccc(CCNCC2CNc3cc(-c4cccc(C(N)=O)c4)cnc3O2)cc1. The lowest BCUT2D eigenvalue weighted by Gasteiger charge is -2.27. The lowest BCUT2D eigenvalue weighted by Crippen LogP contribution is -2.40. The fourth-order valence-electron chi connectivity index (χ4n) is 3.60. The molecule has 36 heavy (non-hydrogen) atoms. The molecule has 7 heteroatoms. The highest BCUT2D eigenvalue weighted by Gasteiger charge is 2.20. The van der Waals surface area contributed by atoms with Crippen molar-refractivity contribution in [3.05, 3.63) is 102 Å². The predicted molar refractivity (Wildman–Crippen MR) is 144 cm³/mol. The molecule has 1 atom stereocenters. The maximum absolute atomic E-state index is 11.4. The van der Waals surface area contributed by atoms with E-state index >= 15 is 0 Å². The van der Waals surface area contributed by atoms with Gasteiger partial charge < -0.3 is 21.1 Å². The minimum atomic E-state index is -0.455. The number of hydrogen-bond donors (Lipinski definition) is 3. The zero-order valence-corrected chi connectivity index (χ0v) is 20.4. The predicted octanol–water partition coefficient (Wildman–Crippen LogP) is 4.47. The van der Waals surface area contributed by atoms with Crippen LogP contribution in [0.3, 0.4) is 0 Å². The van der Waals surface area contributed by atoms with Crippen molar-refractivity contribution in [2.45, 2.75) is 19.4 Å². The standard InChI is InChI=1S/C24H23N5O2.C5H8/c25-12-17-6-4-16(5-7-17)8-9-27-14-21-15-28-22-11-20(13-29-24(22)31-21)18-2-1-3-19(10-18)23(26)30;1-3-5-4-2/h1-7,10-11,13,21,27-28H,8-9,14-15H2,(H2,26,30);3-5H,1H2,2H3/b;5-4-. The molecule has 1 aliphatic rings. The lowest BCUT2D eigenvalue weighted by molar-refractivity contribution is 0.100. The summed E-state index contributed by atoms with van der Waals surface area (Å²) < 4.78 is 6.02. The Kier molecular flexibility index (Phi) is 9.80. The number of fused-ring (bicyclic) bond motifs is 1. The maximum Gasteiger partial charge on any atom is 0.248 e. The third kappa shape index (κ3) is 7.55. The van der Waals surface area contributed by atoms with Crippen LogP contribution in [0.25, 0.3) is 11.1 Å². The van der Waals surface area contributed by atoms with Crippen LogP contribution < -0.4 is 21.1 Å². The molecule has 2 aromatic carbocycles. The number of amides is 1. The number of benzene rings is 2. The van der Waals surface area contributed by atoms with Crippen molar-refractivity contribution in [2.24, 2.45) is 5.73 Å². The fourth-order valence-corrected chi connectivity index (χ4v) is 3.60. The second-order valence-electron chi connectivity index (χ2n) is 8.17. The number of carbonyl (C=O) groups is 1. The quantitative estimate of drug-likeness (QED) is 0.323. The molecule has 3 aromatic rings. The van der Waals surface area contributed by atoms with Gasteiger partial charge in [-0.1, -0.05) is 49.1 Å². The van der Waals surface area contributed by atoms with E-state index in [0.717, 1.165) is 29.8 Å². The van der Waals surface area contributed by atoms with Gasteiger partial charge >= 0.3 is 0 Å². The van der Waals surface area contributed by atoms with Crippen molar-refractivity contribution < 1.29 is 9.53 Å². The third-order valence-electron chi connectivity index (χ3n) is 5.50. The van der Waals surface area contributed by atoms with Crippen LogP contribution in [-0.2, 0) is 6.42 Å². The Morgan fingerprint density at radius 2 is 2.08 bits per heavy atom. The van der Waals surface area contributed by atoms with E-state index in [1.165, 1.54) is 5.56 Å². The molecular formula is C29H31N5O2. The van der Waals surface area contributed by atoms with Crippen LogP contribution in [0.5, 0.6) is 5.88 Å². The summed E-state index contributed by atoms with van der Waals surface area (Å²) in [6, 6.07) is 18.9. The van der Waals surface area contributed by atoms with Crippen LogP contribution >= 0.6 is 0 Å². The topological polar surface area (TPSA) is 113 Å². The average molecular weight is 482 g/mol. The van der Waals surface area contributed by atoms with Crippen LogP contribution in [0.1, 0.15) is 28.4 Å². The van der Waals surface area contributed by atoms with Crippen molar-refractivity contribution in [1.29, 1.82) is 5.26 Å². The zero-order valence-electron chi connectivity index (χ0n) is 20.4. The Morgan fingerprint density at radius 3 is 2.75 bits per heavy atom. The first-order valence-corrected chi connectivity index (χ1v) is 11.8. The van der Waals surface area contributed by atoms with E-state index in [9.17, 15) is 4.79 Å². The molecule has 4 rings (SSSR count). The van der Waals surface area contributed by atoms with E-state index in [1.807, 2.05) is 55.5 Å². The van der Waals surface area contributed by atoms with Crippen molar-refractivity contribution in [3.63, 3.8) is 0 Å². The van der Waals surface area contributed by atoms with E-state index in [1.54, 1.807) is 30.5 Å². The fraction of sp³-hybridized carbons (Fsp3) is 0.207. The lowest BCUT2D eigenvalue weighted by atomic mass is 10.0. The number of nitrogens with zero attached hydrogens (tertiary/aromatic N) is 2. The van der Waals surface area contributed by atoms with E-state index in [2.05, 4.69) is 28.3 Å². The van der Waals surface area contributed by atoms with Crippen LogP contribution in [-0.4, -0.2) is 36.6 Å². The van der Waals surface area contributed by atoms with Gasteiger partial charge in [-0.3, -0.25) is 4.79 Å². The number of nitrogens with two attached hydrogens (primary N) is 1. The average Bonchev–Trinajstić information content (AvgIpc) is 2.92. The highest BCUT2D eigenvalue weighted by molar-refractivity contribution is 5.94. The number of primary amides is 1. The number of rotatable bonds is 8. The second kappa shape index (κ2) is 13.5. The number of aromatic nitrogens is 1. The Balaban J connectivity index is 0.000000658. The number of anilines is 1. The summed E-state index contributed by atoms with van der Waals surface area (Å²) in [5.74, 6) is 0.115. The molecule has 0 saturated carbocycles. The molecule has 4 N–H and O–H groups in total. The Hall–Kier alpha value is -4.41. The Morgan fingerprint density at radius 1 is 1.28 bits per heavy atom. The van der Waals surface area contributed by atoms with E-state index in [0.29, 0.717) is 30.1 Å². The number of ether oxygens (including phenoxy) is 1. The highest BCUT2D eigenvalue weighted by Crippen LogP contribution is 2.31. The van der Waals surface area contributed by atoms with Crippen LogP contribution in [0.4, 0.5) is 5.69 Å². The molecule has 1 aliphatic heterocycles. The van der Waals surface area contributed by atoms with Gasteiger partial charge in [-0.15, -0.1) is 0 Å². The molecular weight excluding hydrogens is 450 g/mol. The number of hydrogen-bond acceptors (Lipinski definition) is 6. The first-order valence-electron chi connectivity index (χ1n) is 11.8. The number of carbonyl (C=O) groups excluding carboxylic acids is 1. The molecule has 1 unspecified atom stereocenters. The second-order valence-corrected chi connectivity index (χ2v) is 8.17. The molecule has 0 saturated heterocycles. The molecule has 184 valence electrons. The van der Waals surface area contributed by atoms with E-state index in [4.69, 9.17) is 15.7 Å². The Bertz CT molecular complexity index is 1250. The number of nitrogens with one attached hydrogen (secondary N) is 2. The van der Waals surface area contributed by atoms with Gasteiger partial charge in [0.05, 0.1) is 23.9 Å². The van der Waals surface area contributed by atoms with Crippen LogP contribution in [0.15, 0.2) is 85.6 Å². The molecule has 7 nitrogen and oxygen atoms in total. The van der Waals surface area contributed by atoms with Gasteiger partial charge in [0, 0.05) is 23.9 Å². The van der Waals surface area contributed by atoms with Gasteiger partial charge in [-0.25, -0.2) is 4.98 Å². The summed E-state index contributed by atoms with van der Waals surface area (Å²) in [6.07, 6.45) is 8.17. The Labute approximate surface area is 212 Å². The molecule has 0 fully saturated rings. The van der Waals surface area contributed by atoms with Crippen molar-refractivity contribution >= 4 is 11.6 Å². The normalized spacial score (nSPS) is 13.8. The zero-order chi connectivity index (χ0) is 25.8. The molecule has 0 bridgehead atoms. The van der Waals surface area contributed by atoms with Gasteiger partial charge in [-0.2, -0.15) is 5.26 Å². The first-order chi connectivity index (χ1) is 17.5. The summed E-state index contributed by atoms with van der Waals surface area (Å²) in [5, 5.41) is 15.7. The molecule has 0 spiro atoms. The molecule has 1 amide bonds. The van der Waals surface area contributed by atoms with Crippen LogP contribution in [0, 0.1) is 11.3 Å². The minimum absolute atomic E-state index is 0.0231. The molecule has 2 heterocycles. The minimum Gasteiger partial charge on any atom is -0.470 e. The number of pyridine rings is 1. The molecule has 1 aromatic heterocycles. The van der Waals surface area contributed by atoms with E-state index < -0.39 is 5.91 Å². The van der Waals surface area contributed by atoms with Crippen molar-refractivity contribution in [1.82, 2.24) is 10.3 Å². The first kappa shape index (κ1) is 26.2. The summed E-state index contributed by atoms with van der Waals surface area (Å²) in [7, 11) is 0. The van der Waals surface area contributed by atoms with E-state index in [-0.39, 0.29) is 6.10 Å². The maximum atomic E-state index is 11.4. The third-order valence-corrected chi connectivity index (χ3v) is 5.50. The summed E-state index contributed by atoms with van der Waals surface area (Å²) in [6.45, 7) is 7.62. The van der Waals surface area contributed by atoms with Gasteiger partial charge in [0.15, 0.2) is 0 Å². The van der Waals surface area contributed by atoms with Crippen molar-refractivity contribution in [3.8, 4) is 23.1 Å². The number of nitriles is 1. The monoisotopic (exact) mass is 481 g/mol. The number of allylic oxidation sites excluding steroid dienone is 3. The van der Waals surface area contributed by atoms with Gasteiger partial charge in [0.2, 0.25) is 11.8 Å². The van der Waals surface area contributed by atoms with Crippen LogP contribution in [0.2, 0.25) is 0 Å². The van der Waals surface area contributed by atoms with Gasteiger partial charge in [0.1, 0.15) is 6.10 Å². The summed E-state index contributed by atoms with van der Waals surface area (Å²) in [5.41, 5.74) is 10.3. The molecule has 0 radical (unpaired) electrons. The highest BCUT2D eigenvalue weighted by atomic mass is 16.5. The summed E-state index contributed by atoms with van der Waals surface area (Å²) in [4.78, 5) is 15.9. The van der Waals surface area contributed by atoms with Gasteiger partial charge in [0.25, 0.3) is 0 Å². The van der Waals surface area contributed by atoms with Gasteiger partial charge in [-0.05, 0) is 61.3 Å². The van der Waals surface area contributed by atoms with Crippen molar-refractivity contribution in [2.75, 3.05) is 25.0 Å². The largest absolute Gasteiger partial charge is 0.470 e. The summed E-state index contributed by atoms with van der Waals surface area (Å²) >= 11 is 0. The smallest absolute Gasteiger partial charge is 0.248 e.